The molecule has 3 aliphatic rings. The minimum atomic E-state index is -0.607. The minimum Gasteiger partial charge on any atom is -0.441 e. The molecule has 0 spiro atoms. The predicted octanol–water partition coefficient (Wildman–Crippen LogP) is 0.382. The summed E-state index contributed by atoms with van der Waals surface area (Å²) in [5.41, 5.74) is 0. The predicted molar refractivity (Wildman–Crippen MR) is 65.7 cm³/mol. The quantitative estimate of drug-likeness (QED) is 0.747. The maximum Gasteiger partial charge on any atom is 0.410 e. The third-order valence-electron chi connectivity index (χ3n) is 4.28. The molecule has 6 heteroatoms. The number of rotatable bonds is 1. The van der Waals surface area contributed by atoms with E-state index in [0.717, 1.165) is 25.9 Å². The number of carbonyl (C=O) groups is 1. The van der Waals surface area contributed by atoms with Crippen molar-refractivity contribution in [3.8, 4) is 0 Å². The zero-order valence-electron chi connectivity index (χ0n) is 11.2. The highest BCUT2D eigenvalue weighted by atomic mass is 16.6. The molecule has 6 nitrogen and oxygen atoms in total. The van der Waals surface area contributed by atoms with Crippen molar-refractivity contribution >= 4 is 6.09 Å². The van der Waals surface area contributed by atoms with Crippen molar-refractivity contribution in [2.45, 2.75) is 44.2 Å². The SMILES string of the molecule is CC1CCN(C(=O)OC2COC3C(O)COC23)CC1. The maximum absolute atomic E-state index is 12.1. The van der Waals surface area contributed by atoms with Crippen molar-refractivity contribution in [3.05, 3.63) is 0 Å². The van der Waals surface area contributed by atoms with Crippen LogP contribution in [0.25, 0.3) is 0 Å². The summed E-state index contributed by atoms with van der Waals surface area (Å²) in [5.74, 6) is 0.677. The summed E-state index contributed by atoms with van der Waals surface area (Å²) in [6, 6.07) is 0. The van der Waals surface area contributed by atoms with Crippen LogP contribution >= 0.6 is 0 Å². The van der Waals surface area contributed by atoms with Crippen LogP contribution < -0.4 is 0 Å². The number of fused-ring (bicyclic) bond motifs is 1. The number of hydrogen-bond acceptors (Lipinski definition) is 5. The van der Waals surface area contributed by atoms with Crippen LogP contribution in [0, 0.1) is 5.92 Å². The lowest BCUT2D eigenvalue weighted by atomic mass is 10.00. The number of piperidine rings is 1. The van der Waals surface area contributed by atoms with Crippen LogP contribution in [0.15, 0.2) is 0 Å². The van der Waals surface area contributed by atoms with Crippen molar-refractivity contribution in [2.24, 2.45) is 5.92 Å². The zero-order valence-corrected chi connectivity index (χ0v) is 11.2. The van der Waals surface area contributed by atoms with Gasteiger partial charge in [0.05, 0.1) is 13.2 Å². The first-order valence-electron chi connectivity index (χ1n) is 7.02. The molecule has 3 saturated heterocycles. The van der Waals surface area contributed by atoms with Gasteiger partial charge in [0, 0.05) is 13.1 Å². The van der Waals surface area contributed by atoms with Crippen molar-refractivity contribution in [1.82, 2.24) is 4.90 Å². The van der Waals surface area contributed by atoms with Gasteiger partial charge in [-0.2, -0.15) is 0 Å². The molecule has 108 valence electrons. The van der Waals surface area contributed by atoms with E-state index < -0.39 is 12.2 Å². The fourth-order valence-corrected chi connectivity index (χ4v) is 2.94. The fourth-order valence-electron chi connectivity index (χ4n) is 2.94. The Bertz CT molecular complexity index is 342. The van der Waals surface area contributed by atoms with Gasteiger partial charge in [0.25, 0.3) is 0 Å². The topological polar surface area (TPSA) is 68.2 Å². The Morgan fingerprint density at radius 1 is 1.21 bits per heavy atom. The van der Waals surface area contributed by atoms with Crippen LogP contribution in [-0.2, 0) is 14.2 Å². The zero-order chi connectivity index (χ0) is 13.4. The summed E-state index contributed by atoms with van der Waals surface area (Å²) in [6.45, 7) is 4.27. The van der Waals surface area contributed by atoms with Crippen molar-refractivity contribution in [3.63, 3.8) is 0 Å². The normalized spacial score (nSPS) is 39.4. The van der Waals surface area contributed by atoms with Crippen LogP contribution in [0.5, 0.6) is 0 Å². The van der Waals surface area contributed by atoms with E-state index in [1.165, 1.54) is 0 Å². The second-order valence-electron chi connectivity index (χ2n) is 5.76. The monoisotopic (exact) mass is 271 g/mol. The molecule has 0 aromatic carbocycles. The van der Waals surface area contributed by atoms with Gasteiger partial charge in [-0.15, -0.1) is 0 Å². The van der Waals surface area contributed by atoms with Gasteiger partial charge in [0.2, 0.25) is 0 Å². The Morgan fingerprint density at radius 2 is 1.89 bits per heavy atom. The first-order chi connectivity index (χ1) is 9.15. The number of aliphatic hydroxyl groups is 1. The Morgan fingerprint density at radius 3 is 2.63 bits per heavy atom. The Labute approximate surface area is 112 Å². The van der Waals surface area contributed by atoms with Crippen LogP contribution in [0.3, 0.4) is 0 Å². The Balaban J connectivity index is 1.53. The first kappa shape index (κ1) is 13.1. The standard InChI is InChI=1S/C13H21NO5/c1-8-2-4-14(5-3-8)13(16)19-10-7-18-11-9(15)6-17-12(10)11/h8-12,15H,2-7H2,1H3. The Kier molecular flexibility index (Phi) is 3.64. The van der Waals surface area contributed by atoms with Crippen LogP contribution in [-0.4, -0.2) is 66.8 Å². The van der Waals surface area contributed by atoms with Gasteiger partial charge in [-0.1, -0.05) is 6.92 Å². The van der Waals surface area contributed by atoms with Gasteiger partial charge >= 0.3 is 6.09 Å². The van der Waals surface area contributed by atoms with Gasteiger partial charge in [-0.05, 0) is 18.8 Å². The lowest BCUT2D eigenvalue weighted by Gasteiger charge is -2.30. The van der Waals surface area contributed by atoms with Gasteiger partial charge in [0.1, 0.15) is 18.3 Å². The number of amides is 1. The number of hydrogen-bond donors (Lipinski definition) is 1. The lowest BCUT2D eigenvalue weighted by Crippen LogP contribution is -2.42. The highest BCUT2D eigenvalue weighted by molar-refractivity contribution is 5.68. The van der Waals surface area contributed by atoms with Crippen LogP contribution in [0.2, 0.25) is 0 Å². The molecule has 3 fully saturated rings. The largest absolute Gasteiger partial charge is 0.441 e. The first-order valence-corrected chi connectivity index (χ1v) is 7.02. The summed E-state index contributed by atoms with van der Waals surface area (Å²) in [6.07, 6.45) is 0.0984. The van der Waals surface area contributed by atoms with Crippen LogP contribution in [0.1, 0.15) is 19.8 Å². The summed E-state index contributed by atoms with van der Waals surface area (Å²) in [7, 11) is 0. The molecule has 0 aromatic rings. The van der Waals surface area contributed by atoms with E-state index >= 15 is 0 Å². The summed E-state index contributed by atoms with van der Waals surface area (Å²) in [4.78, 5) is 13.8. The molecular weight excluding hydrogens is 250 g/mol. The molecule has 1 N–H and O–H groups in total. The molecule has 0 bridgehead atoms. The van der Waals surface area contributed by atoms with E-state index in [1.54, 1.807) is 4.90 Å². The summed E-state index contributed by atoms with van der Waals surface area (Å²) < 4.78 is 16.3. The van der Waals surface area contributed by atoms with E-state index in [4.69, 9.17) is 14.2 Å². The van der Waals surface area contributed by atoms with Crippen LogP contribution in [0.4, 0.5) is 4.79 Å². The molecule has 3 aliphatic heterocycles. The van der Waals surface area contributed by atoms with Gasteiger partial charge < -0.3 is 24.2 Å². The van der Waals surface area contributed by atoms with Gasteiger partial charge in [-0.3, -0.25) is 0 Å². The highest BCUT2D eigenvalue weighted by Crippen LogP contribution is 2.29. The molecule has 0 aliphatic carbocycles. The average Bonchev–Trinajstić information content (AvgIpc) is 2.95. The van der Waals surface area contributed by atoms with Gasteiger partial charge in [-0.25, -0.2) is 4.79 Å². The maximum atomic E-state index is 12.1. The van der Waals surface area contributed by atoms with E-state index in [2.05, 4.69) is 6.92 Å². The van der Waals surface area contributed by atoms with Crippen molar-refractivity contribution in [1.29, 1.82) is 0 Å². The third kappa shape index (κ3) is 2.57. The van der Waals surface area contributed by atoms with E-state index in [0.29, 0.717) is 12.5 Å². The number of aliphatic hydroxyl groups excluding tert-OH is 1. The number of likely N-dealkylation sites (tertiary alicyclic amines) is 1. The fraction of sp³-hybridized carbons (Fsp3) is 0.923. The second kappa shape index (κ2) is 5.26. The molecule has 0 aromatic heterocycles. The average molecular weight is 271 g/mol. The van der Waals surface area contributed by atoms with Gasteiger partial charge in [0.15, 0.2) is 6.10 Å². The third-order valence-corrected chi connectivity index (χ3v) is 4.28. The minimum absolute atomic E-state index is 0.255. The second-order valence-corrected chi connectivity index (χ2v) is 5.76. The smallest absolute Gasteiger partial charge is 0.410 e. The molecule has 19 heavy (non-hydrogen) atoms. The summed E-state index contributed by atoms with van der Waals surface area (Å²) in [5, 5.41) is 9.63. The number of nitrogens with zero attached hydrogens (tertiary/aromatic N) is 1. The molecule has 1 amide bonds. The number of carbonyl (C=O) groups excluding carboxylic acids is 1. The van der Waals surface area contributed by atoms with E-state index in [9.17, 15) is 9.90 Å². The van der Waals surface area contributed by atoms with E-state index in [-0.39, 0.29) is 24.9 Å². The van der Waals surface area contributed by atoms with Crippen molar-refractivity contribution < 1.29 is 24.1 Å². The molecule has 0 saturated carbocycles. The van der Waals surface area contributed by atoms with E-state index in [1.807, 2.05) is 0 Å². The molecule has 4 unspecified atom stereocenters. The molecular formula is C13H21NO5. The Hall–Kier alpha value is -0.850. The number of ether oxygens (including phenoxy) is 3. The molecule has 3 rings (SSSR count). The molecule has 4 atom stereocenters. The highest BCUT2D eigenvalue weighted by Gasteiger charge is 2.49. The lowest BCUT2D eigenvalue weighted by molar-refractivity contribution is -0.0185. The van der Waals surface area contributed by atoms with Crippen molar-refractivity contribution in [2.75, 3.05) is 26.3 Å². The molecule has 3 heterocycles. The summed E-state index contributed by atoms with van der Waals surface area (Å²) >= 11 is 0. The molecule has 0 radical (unpaired) electrons.